The number of nitrogens with one attached hydrogen (secondary N) is 1. The van der Waals surface area contributed by atoms with Gasteiger partial charge in [0.15, 0.2) is 5.17 Å². The number of rotatable bonds is 5. The second-order valence-corrected chi connectivity index (χ2v) is 9.52. The molecule has 1 saturated carbocycles. The number of carbonyl (C=O) groups excluding carboxylic acids is 1. The molecule has 1 fully saturated rings. The third-order valence-electron chi connectivity index (χ3n) is 5.70. The number of aliphatic imine (C=N–C) groups is 1. The van der Waals surface area contributed by atoms with Crippen LogP contribution in [0.5, 0.6) is 0 Å². The summed E-state index contributed by atoms with van der Waals surface area (Å²) in [5.41, 5.74) is 5.62. The molecular formula is C20H20ClFN4O3S. The molecule has 0 unspecified atom stereocenters. The van der Waals surface area contributed by atoms with Crippen LogP contribution in [0.1, 0.15) is 35.0 Å². The van der Waals surface area contributed by atoms with Gasteiger partial charge in [0.2, 0.25) is 0 Å². The SMILES string of the molecule is C[C@@]1(c2cc(NC(=O)c3ccc(Cl)cn3)cc(CO)c2F)N=C(N)S[C@@]2(CO)C[C@H]21. The third kappa shape index (κ3) is 3.45. The number of hydrogen-bond donors (Lipinski definition) is 4. The molecule has 3 atom stereocenters. The van der Waals surface area contributed by atoms with E-state index >= 15 is 4.39 Å². The summed E-state index contributed by atoms with van der Waals surface area (Å²) in [7, 11) is 0. The zero-order valence-corrected chi connectivity index (χ0v) is 17.6. The average molecular weight is 451 g/mol. The summed E-state index contributed by atoms with van der Waals surface area (Å²) in [4.78, 5) is 21.0. The molecule has 1 amide bonds. The van der Waals surface area contributed by atoms with Gasteiger partial charge in [-0.05, 0) is 37.6 Å². The topological polar surface area (TPSA) is 121 Å². The summed E-state index contributed by atoms with van der Waals surface area (Å²) in [5, 5.41) is 22.9. The molecule has 5 N–H and O–H groups in total. The molecule has 7 nitrogen and oxygen atoms in total. The Morgan fingerprint density at radius 3 is 2.83 bits per heavy atom. The largest absolute Gasteiger partial charge is 0.395 e. The number of pyridine rings is 1. The highest BCUT2D eigenvalue weighted by molar-refractivity contribution is 8.15. The average Bonchev–Trinajstić information content (AvgIpc) is 3.45. The van der Waals surface area contributed by atoms with E-state index in [2.05, 4.69) is 15.3 Å². The van der Waals surface area contributed by atoms with Gasteiger partial charge in [-0.1, -0.05) is 23.4 Å². The standard InChI is InChI=1S/C20H20ClFN4O3S/c1-19(15-6-20(15,9-28)30-18(23)26-19)13-5-12(4-10(8-27)16(13)22)25-17(29)14-3-2-11(21)7-24-14/h2-5,7,15,27-28H,6,8-9H2,1H3,(H2,23,26)(H,25,29)/t15-,19-,20+/m0/s1. The molecule has 0 bridgehead atoms. The van der Waals surface area contributed by atoms with Gasteiger partial charge < -0.3 is 21.3 Å². The van der Waals surface area contributed by atoms with Gasteiger partial charge in [-0.25, -0.2) is 9.37 Å². The minimum absolute atomic E-state index is 0.0235. The number of nitrogens with two attached hydrogens (primary N) is 1. The van der Waals surface area contributed by atoms with Crippen LogP contribution >= 0.6 is 23.4 Å². The number of hydrogen-bond acceptors (Lipinski definition) is 7. The fourth-order valence-electron chi connectivity index (χ4n) is 4.05. The van der Waals surface area contributed by atoms with Gasteiger partial charge in [0.05, 0.1) is 28.5 Å². The zero-order chi connectivity index (χ0) is 21.7. The monoisotopic (exact) mass is 450 g/mol. The van der Waals surface area contributed by atoms with Crippen molar-refractivity contribution in [3.8, 4) is 0 Å². The molecule has 0 radical (unpaired) electrons. The smallest absolute Gasteiger partial charge is 0.274 e. The highest BCUT2D eigenvalue weighted by Gasteiger charge is 2.66. The van der Waals surface area contributed by atoms with Crippen molar-refractivity contribution < 1.29 is 19.4 Å². The van der Waals surface area contributed by atoms with Crippen LogP contribution in [0.4, 0.5) is 10.1 Å². The number of amides is 1. The lowest BCUT2D eigenvalue weighted by atomic mass is 9.84. The van der Waals surface area contributed by atoms with Gasteiger partial charge in [-0.3, -0.25) is 9.79 Å². The number of anilines is 1. The van der Waals surface area contributed by atoms with Gasteiger partial charge in [0.1, 0.15) is 11.5 Å². The third-order valence-corrected chi connectivity index (χ3v) is 7.21. The van der Waals surface area contributed by atoms with Crippen molar-refractivity contribution in [2.45, 2.75) is 30.2 Å². The van der Waals surface area contributed by atoms with E-state index in [9.17, 15) is 15.0 Å². The summed E-state index contributed by atoms with van der Waals surface area (Å²) in [6, 6.07) is 5.88. The van der Waals surface area contributed by atoms with E-state index in [-0.39, 0.29) is 34.5 Å². The Bertz CT molecular complexity index is 1050. The van der Waals surface area contributed by atoms with Crippen LogP contribution < -0.4 is 11.1 Å². The van der Waals surface area contributed by atoms with Crippen molar-refractivity contribution in [2.75, 3.05) is 11.9 Å². The highest BCUT2D eigenvalue weighted by atomic mass is 35.5. The minimum atomic E-state index is -1.04. The first-order chi connectivity index (χ1) is 14.2. The van der Waals surface area contributed by atoms with Crippen LogP contribution in [0, 0.1) is 11.7 Å². The molecule has 1 aromatic carbocycles. The van der Waals surface area contributed by atoms with E-state index in [0.29, 0.717) is 17.1 Å². The van der Waals surface area contributed by atoms with Crippen molar-refractivity contribution in [1.82, 2.24) is 4.98 Å². The Hall–Kier alpha value is -2.20. The lowest BCUT2D eigenvalue weighted by Crippen LogP contribution is -2.37. The van der Waals surface area contributed by atoms with Gasteiger partial charge in [0.25, 0.3) is 5.91 Å². The van der Waals surface area contributed by atoms with E-state index in [1.807, 2.05) is 0 Å². The Morgan fingerprint density at radius 1 is 1.43 bits per heavy atom. The molecule has 158 valence electrons. The molecule has 4 rings (SSSR count). The van der Waals surface area contributed by atoms with E-state index < -0.39 is 28.6 Å². The summed E-state index contributed by atoms with van der Waals surface area (Å²) in [6.45, 7) is 1.11. The summed E-state index contributed by atoms with van der Waals surface area (Å²) in [6.07, 6.45) is 1.99. The fraction of sp³-hybridized carbons (Fsp3) is 0.350. The Morgan fingerprint density at radius 2 is 2.20 bits per heavy atom. The first kappa shape index (κ1) is 21.0. The maximum atomic E-state index is 15.3. The Kier molecular flexibility index (Phi) is 5.26. The second kappa shape index (κ2) is 7.49. The molecule has 10 heteroatoms. The van der Waals surface area contributed by atoms with Crippen LogP contribution in [0.3, 0.4) is 0 Å². The predicted octanol–water partition coefficient (Wildman–Crippen LogP) is 2.65. The number of fused-ring (bicyclic) bond motifs is 1. The van der Waals surface area contributed by atoms with E-state index in [1.165, 1.54) is 36.2 Å². The van der Waals surface area contributed by atoms with Crippen molar-refractivity contribution in [2.24, 2.45) is 16.6 Å². The van der Waals surface area contributed by atoms with E-state index in [4.69, 9.17) is 17.3 Å². The number of nitrogens with zero attached hydrogens (tertiary/aromatic N) is 2. The zero-order valence-electron chi connectivity index (χ0n) is 16.0. The lowest BCUT2D eigenvalue weighted by Gasteiger charge is -2.34. The Labute approximate surface area is 181 Å². The molecule has 1 aliphatic heterocycles. The quantitative estimate of drug-likeness (QED) is 0.555. The lowest BCUT2D eigenvalue weighted by molar-refractivity contribution is 0.102. The number of benzene rings is 1. The van der Waals surface area contributed by atoms with Crippen molar-refractivity contribution in [3.63, 3.8) is 0 Å². The van der Waals surface area contributed by atoms with Crippen LogP contribution in [0.25, 0.3) is 0 Å². The molecule has 0 saturated heterocycles. The number of carbonyl (C=O) groups is 1. The number of aromatic nitrogens is 1. The minimum Gasteiger partial charge on any atom is -0.395 e. The Balaban J connectivity index is 1.73. The molecule has 1 aliphatic carbocycles. The highest BCUT2D eigenvalue weighted by Crippen LogP contribution is 2.65. The number of aliphatic hydroxyl groups is 2. The van der Waals surface area contributed by atoms with Gasteiger partial charge in [0, 0.05) is 28.9 Å². The summed E-state index contributed by atoms with van der Waals surface area (Å²) >= 11 is 7.11. The molecule has 30 heavy (non-hydrogen) atoms. The van der Waals surface area contributed by atoms with Crippen molar-refractivity contribution in [3.05, 3.63) is 58.1 Å². The molecular weight excluding hydrogens is 431 g/mol. The predicted molar refractivity (Wildman–Crippen MR) is 114 cm³/mol. The first-order valence-corrected chi connectivity index (χ1v) is 10.4. The van der Waals surface area contributed by atoms with Crippen molar-refractivity contribution >= 4 is 40.1 Å². The normalized spacial score (nSPS) is 27.2. The maximum absolute atomic E-state index is 15.3. The molecule has 2 heterocycles. The fourth-order valence-corrected chi connectivity index (χ4v) is 5.50. The number of thioether (sulfide) groups is 1. The number of halogens is 2. The van der Waals surface area contributed by atoms with E-state index in [1.54, 1.807) is 13.0 Å². The number of aliphatic hydroxyl groups excluding tert-OH is 2. The second-order valence-electron chi connectivity index (χ2n) is 7.65. The van der Waals surface area contributed by atoms with Gasteiger partial charge in [-0.2, -0.15) is 0 Å². The van der Waals surface area contributed by atoms with Gasteiger partial charge in [-0.15, -0.1) is 0 Å². The first-order valence-electron chi connectivity index (χ1n) is 9.24. The van der Waals surface area contributed by atoms with Crippen molar-refractivity contribution in [1.29, 1.82) is 0 Å². The van der Waals surface area contributed by atoms with Crippen LogP contribution in [-0.2, 0) is 12.1 Å². The van der Waals surface area contributed by atoms with E-state index in [0.717, 1.165) is 0 Å². The summed E-state index contributed by atoms with van der Waals surface area (Å²) < 4.78 is 14.8. The van der Waals surface area contributed by atoms with Crippen LogP contribution in [0.2, 0.25) is 5.02 Å². The molecule has 2 aliphatic rings. The molecule has 1 aromatic heterocycles. The number of amidine groups is 1. The van der Waals surface area contributed by atoms with Crippen LogP contribution in [-0.4, -0.2) is 37.6 Å². The molecule has 0 spiro atoms. The molecule has 2 aromatic rings. The van der Waals surface area contributed by atoms with Gasteiger partial charge >= 0.3 is 0 Å². The summed E-state index contributed by atoms with van der Waals surface area (Å²) in [5.74, 6) is -1.24. The van der Waals surface area contributed by atoms with Crippen LogP contribution in [0.15, 0.2) is 35.5 Å². The maximum Gasteiger partial charge on any atom is 0.274 e.